The molecule has 2 aliphatic heterocycles. The maximum Gasteiger partial charge on any atom is 0.231 e. The van der Waals surface area contributed by atoms with Gasteiger partial charge in [0.2, 0.25) is 23.4 Å². The van der Waals surface area contributed by atoms with Crippen LogP contribution in [0.15, 0.2) is 105 Å². The second-order valence-electron chi connectivity index (χ2n) is 8.52. The molecule has 11 heteroatoms. The lowest BCUT2D eigenvalue weighted by Gasteiger charge is -2.07. The van der Waals surface area contributed by atoms with Gasteiger partial charge in [-0.15, -0.1) is 0 Å². The molecule has 0 unspecified atom stereocenters. The van der Waals surface area contributed by atoms with Gasteiger partial charge in [-0.2, -0.15) is 10.2 Å². The summed E-state index contributed by atoms with van der Waals surface area (Å²) in [5.74, 6) is 2.75. The standard InChI is InChI=1S/C28H22N4O6S/c33-39(34,23-7-3-21(4-8-23)31-29-15-19-1-11-25-27(13-19)37-17-35-25)24-9-5-22(6-10-24)32-30-16-20-2-12-26-28(14-20)38-18-36-26/h1-16,31-32H,17-18H2/b29-15-,30-16+. The van der Waals surface area contributed by atoms with Gasteiger partial charge < -0.3 is 18.9 Å². The highest BCUT2D eigenvalue weighted by Gasteiger charge is 2.18. The average molecular weight is 543 g/mol. The molecule has 0 saturated heterocycles. The van der Waals surface area contributed by atoms with Crippen molar-refractivity contribution in [2.75, 3.05) is 24.4 Å². The monoisotopic (exact) mass is 542 g/mol. The van der Waals surface area contributed by atoms with Crippen LogP contribution in [-0.4, -0.2) is 34.4 Å². The first-order chi connectivity index (χ1) is 19.0. The third-order valence-corrected chi connectivity index (χ3v) is 7.72. The summed E-state index contributed by atoms with van der Waals surface area (Å²) in [6.45, 7) is 0.421. The molecule has 2 N–H and O–H groups in total. The number of rotatable bonds is 8. The number of nitrogens with one attached hydrogen (secondary N) is 2. The number of hydrogen-bond acceptors (Lipinski definition) is 10. The molecule has 10 nitrogen and oxygen atoms in total. The van der Waals surface area contributed by atoms with E-state index in [0.29, 0.717) is 34.4 Å². The van der Waals surface area contributed by atoms with E-state index in [0.717, 1.165) is 11.1 Å². The van der Waals surface area contributed by atoms with Crippen LogP contribution in [0.25, 0.3) is 0 Å². The van der Waals surface area contributed by atoms with Gasteiger partial charge in [0.1, 0.15) is 0 Å². The van der Waals surface area contributed by atoms with E-state index in [-0.39, 0.29) is 23.4 Å². The Bertz CT molecular complexity index is 1550. The summed E-state index contributed by atoms with van der Waals surface area (Å²) in [4.78, 5) is 0.351. The minimum Gasteiger partial charge on any atom is -0.454 e. The smallest absolute Gasteiger partial charge is 0.231 e. The first-order valence-corrected chi connectivity index (χ1v) is 13.4. The van der Waals surface area contributed by atoms with Crippen molar-refractivity contribution in [1.82, 2.24) is 0 Å². The zero-order valence-electron chi connectivity index (χ0n) is 20.4. The lowest BCUT2D eigenvalue weighted by Crippen LogP contribution is -2.02. The number of hydrazone groups is 2. The minimum absolute atomic E-state index is 0.175. The van der Waals surface area contributed by atoms with Crippen molar-refractivity contribution < 1.29 is 27.4 Å². The summed E-state index contributed by atoms with van der Waals surface area (Å²) >= 11 is 0. The largest absolute Gasteiger partial charge is 0.454 e. The molecular weight excluding hydrogens is 520 g/mol. The van der Waals surface area contributed by atoms with Gasteiger partial charge in [0.15, 0.2) is 23.0 Å². The van der Waals surface area contributed by atoms with Crippen LogP contribution >= 0.6 is 0 Å². The predicted molar refractivity (Wildman–Crippen MR) is 146 cm³/mol. The van der Waals surface area contributed by atoms with Crippen molar-refractivity contribution >= 4 is 33.6 Å². The number of hydrogen-bond donors (Lipinski definition) is 2. The van der Waals surface area contributed by atoms with Gasteiger partial charge in [-0.05, 0) is 96.1 Å². The van der Waals surface area contributed by atoms with Crippen LogP contribution in [0.4, 0.5) is 11.4 Å². The lowest BCUT2D eigenvalue weighted by atomic mass is 10.2. The molecule has 0 saturated carbocycles. The van der Waals surface area contributed by atoms with E-state index in [1.807, 2.05) is 36.4 Å². The van der Waals surface area contributed by atoms with Gasteiger partial charge in [0.05, 0.1) is 33.6 Å². The second-order valence-corrected chi connectivity index (χ2v) is 10.5. The Balaban J connectivity index is 1.06. The summed E-state index contributed by atoms with van der Waals surface area (Å²) in [5.41, 5.74) is 8.76. The fourth-order valence-electron chi connectivity index (χ4n) is 3.90. The number of ether oxygens (including phenoxy) is 4. The Morgan fingerprint density at radius 3 is 1.41 bits per heavy atom. The predicted octanol–water partition coefficient (Wildman–Crippen LogP) is 4.87. The normalized spacial score (nSPS) is 13.7. The van der Waals surface area contributed by atoms with Crippen LogP contribution in [0.2, 0.25) is 0 Å². The Kier molecular flexibility index (Phi) is 6.47. The quantitative estimate of drug-likeness (QED) is 0.239. The second kappa shape index (κ2) is 10.4. The molecular formula is C28H22N4O6S. The average Bonchev–Trinajstić information content (AvgIpc) is 3.63. The molecule has 2 aliphatic rings. The molecule has 6 rings (SSSR count). The SMILES string of the molecule is O=S(=O)(c1ccc(N/N=C\c2ccc3c(c2)OCO3)cc1)c1ccc(N/N=C/c2ccc3c(c2)OCO3)cc1. The number of anilines is 2. The summed E-state index contributed by atoms with van der Waals surface area (Å²) in [6.07, 6.45) is 3.28. The Labute approximate surface area is 224 Å². The molecule has 0 fully saturated rings. The lowest BCUT2D eigenvalue weighted by molar-refractivity contribution is 0.173. The highest BCUT2D eigenvalue weighted by molar-refractivity contribution is 7.91. The molecule has 2 heterocycles. The summed E-state index contributed by atoms with van der Waals surface area (Å²) in [7, 11) is -3.70. The molecule has 39 heavy (non-hydrogen) atoms. The summed E-state index contributed by atoms with van der Waals surface area (Å²) < 4.78 is 47.5. The number of nitrogens with zero attached hydrogens (tertiary/aromatic N) is 2. The van der Waals surface area contributed by atoms with Crippen molar-refractivity contribution in [2.24, 2.45) is 10.2 Å². The van der Waals surface area contributed by atoms with Gasteiger partial charge in [0.25, 0.3) is 0 Å². The van der Waals surface area contributed by atoms with E-state index < -0.39 is 9.84 Å². The Morgan fingerprint density at radius 2 is 0.974 bits per heavy atom. The summed E-state index contributed by atoms with van der Waals surface area (Å²) in [6, 6.07) is 23.8. The molecule has 4 aromatic carbocycles. The van der Waals surface area contributed by atoms with E-state index in [4.69, 9.17) is 18.9 Å². The third kappa shape index (κ3) is 5.34. The highest BCUT2D eigenvalue weighted by atomic mass is 32.2. The number of sulfone groups is 1. The molecule has 196 valence electrons. The van der Waals surface area contributed by atoms with E-state index in [1.165, 1.54) is 24.3 Å². The number of benzene rings is 4. The van der Waals surface area contributed by atoms with Crippen molar-refractivity contribution in [3.05, 3.63) is 96.1 Å². The van der Waals surface area contributed by atoms with E-state index in [1.54, 1.807) is 36.7 Å². The van der Waals surface area contributed by atoms with Crippen LogP contribution in [0.5, 0.6) is 23.0 Å². The molecule has 0 atom stereocenters. The molecule has 0 amide bonds. The van der Waals surface area contributed by atoms with Gasteiger partial charge >= 0.3 is 0 Å². The topological polar surface area (TPSA) is 120 Å². The first-order valence-electron chi connectivity index (χ1n) is 11.9. The fraction of sp³-hybridized carbons (Fsp3) is 0.0714. The first kappa shape index (κ1) is 24.3. The van der Waals surface area contributed by atoms with Crippen LogP contribution in [0, 0.1) is 0 Å². The van der Waals surface area contributed by atoms with Crippen molar-refractivity contribution in [3.8, 4) is 23.0 Å². The fourth-order valence-corrected chi connectivity index (χ4v) is 5.16. The van der Waals surface area contributed by atoms with Gasteiger partial charge in [0, 0.05) is 0 Å². The van der Waals surface area contributed by atoms with Crippen LogP contribution < -0.4 is 29.8 Å². The van der Waals surface area contributed by atoms with E-state index >= 15 is 0 Å². The van der Waals surface area contributed by atoms with Gasteiger partial charge in [-0.1, -0.05) is 0 Å². The third-order valence-electron chi connectivity index (χ3n) is 5.94. The van der Waals surface area contributed by atoms with Crippen molar-refractivity contribution in [1.29, 1.82) is 0 Å². The molecule has 0 radical (unpaired) electrons. The maximum absolute atomic E-state index is 13.1. The zero-order chi connectivity index (χ0) is 26.7. The maximum atomic E-state index is 13.1. The van der Waals surface area contributed by atoms with Crippen molar-refractivity contribution in [3.63, 3.8) is 0 Å². The van der Waals surface area contributed by atoms with E-state index in [9.17, 15) is 8.42 Å². The van der Waals surface area contributed by atoms with Crippen LogP contribution in [0.1, 0.15) is 11.1 Å². The minimum atomic E-state index is -3.70. The molecule has 0 aliphatic carbocycles. The molecule has 0 aromatic heterocycles. The van der Waals surface area contributed by atoms with Gasteiger partial charge in [-0.25, -0.2) is 8.42 Å². The summed E-state index contributed by atoms with van der Waals surface area (Å²) in [5, 5.41) is 8.41. The zero-order valence-corrected chi connectivity index (χ0v) is 21.2. The molecule has 0 spiro atoms. The van der Waals surface area contributed by atoms with Crippen LogP contribution in [0.3, 0.4) is 0 Å². The Hall–Kier alpha value is -5.03. The molecule has 0 bridgehead atoms. The van der Waals surface area contributed by atoms with Gasteiger partial charge in [-0.3, -0.25) is 10.9 Å². The van der Waals surface area contributed by atoms with Crippen molar-refractivity contribution in [2.45, 2.75) is 9.79 Å². The Morgan fingerprint density at radius 1 is 0.564 bits per heavy atom. The number of fused-ring (bicyclic) bond motifs is 2. The molecule has 4 aromatic rings. The van der Waals surface area contributed by atoms with Crippen LogP contribution in [-0.2, 0) is 9.84 Å². The van der Waals surface area contributed by atoms with E-state index in [2.05, 4.69) is 21.1 Å². The highest BCUT2D eigenvalue weighted by Crippen LogP contribution is 2.33.